The summed E-state index contributed by atoms with van der Waals surface area (Å²) in [6, 6.07) is 15.3. The van der Waals surface area contributed by atoms with Crippen molar-refractivity contribution >= 4 is 18.0 Å². The van der Waals surface area contributed by atoms with E-state index < -0.39 is 18.1 Å². The number of hydrogen-bond donors (Lipinski definition) is 2. The highest BCUT2D eigenvalue weighted by Crippen LogP contribution is 2.44. The molecule has 2 unspecified atom stereocenters. The molecule has 0 aromatic heterocycles. The number of likely N-dealkylation sites (tertiary alicyclic amines) is 1. The molecule has 0 radical (unpaired) electrons. The van der Waals surface area contributed by atoms with Crippen molar-refractivity contribution in [3.05, 3.63) is 59.7 Å². The molecule has 7 nitrogen and oxygen atoms in total. The van der Waals surface area contributed by atoms with E-state index in [1.54, 1.807) is 4.90 Å². The van der Waals surface area contributed by atoms with E-state index in [0.717, 1.165) is 47.9 Å². The Morgan fingerprint density at radius 1 is 0.971 bits per heavy atom. The van der Waals surface area contributed by atoms with Gasteiger partial charge in [0.2, 0.25) is 5.91 Å². The normalized spacial score (nSPS) is 20.2. The summed E-state index contributed by atoms with van der Waals surface area (Å²) in [4.78, 5) is 39.1. The maximum atomic E-state index is 13.4. The van der Waals surface area contributed by atoms with Gasteiger partial charge < -0.3 is 20.1 Å². The highest BCUT2D eigenvalue weighted by Gasteiger charge is 2.42. The lowest BCUT2D eigenvalue weighted by Crippen LogP contribution is -2.54. The zero-order valence-corrected chi connectivity index (χ0v) is 19.1. The van der Waals surface area contributed by atoms with Gasteiger partial charge in [0.1, 0.15) is 12.6 Å². The predicted octanol–water partition coefficient (Wildman–Crippen LogP) is 4.16. The fourth-order valence-electron chi connectivity index (χ4n) is 5.46. The highest BCUT2D eigenvalue weighted by molar-refractivity contribution is 5.87. The first-order valence-corrected chi connectivity index (χ1v) is 12.2. The summed E-state index contributed by atoms with van der Waals surface area (Å²) in [6.45, 7) is 0.725. The van der Waals surface area contributed by atoms with Gasteiger partial charge in [-0.3, -0.25) is 9.59 Å². The molecule has 2 aliphatic carbocycles. The van der Waals surface area contributed by atoms with Gasteiger partial charge in [0.25, 0.3) is 0 Å². The fraction of sp³-hybridized carbons (Fsp3) is 0.444. The average Bonchev–Trinajstić information content (AvgIpc) is 3.63. The maximum Gasteiger partial charge on any atom is 0.407 e. The molecule has 0 spiro atoms. The first kappa shape index (κ1) is 22.4. The van der Waals surface area contributed by atoms with Crippen LogP contribution in [0.25, 0.3) is 11.1 Å². The van der Waals surface area contributed by atoms with E-state index in [9.17, 15) is 19.5 Å². The third-order valence-electron chi connectivity index (χ3n) is 7.30. The minimum absolute atomic E-state index is 0.0460. The highest BCUT2D eigenvalue weighted by atomic mass is 16.5. The molecular formula is C27H30N2O5. The fourth-order valence-corrected chi connectivity index (χ4v) is 5.46. The Kier molecular flexibility index (Phi) is 6.26. The smallest absolute Gasteiger partial charge is 0.407 e. The van der Waals surface area contributed by atoms with Crippen LogP contribution in [0.2, 0.25) is 0 Å². The third kappa shape index (κ3) is 4.52. The van der Waals surface area contributed by atoms with Crippen molar-refractivity contribution in [3.8, 4) is 11.1 Å². The Labute approximate surface area is 199 Å². The van der Waals surface area contributed by atoms with Crippen molar-refractivity contribution in [1.82, 2.24) is 10.2 Å². The second-order valence-electron chi connectivity index (χ2n) is 9.56. The van der Waals surface area contributed by atoms with E-state index in [-0.39, 0.29) is 36.8 Å². The van der Waals surface area contributed by atoms with E-state index in [0.29, 0.717) is 13.0 Å². The number of ether oxygens (including phenoxy) is 1. The van der Waals surface area contributed by atoms with Gasteiger partial charge in [-0.25, -0.2) is 4.79 Å². The molecular weight excluding hydrogens is 432 g/mol. The summed E-state index contributed by atoms with van der Waals surface area (Å²) >= 11 is 0. The van der Waals surface area contributed by atoms with Gasteiger partial charge >= 0.3 is 12.1 Å². The Balaban J connectivity index is 1.25. The van der Waals surface area contributed by atoms with Crippen molar-refractivity contribution in [3.63, 3.8) is 0 Å². The summed E-state index contributed by atoms with van der Waals surface area (Å²) in [6.07, 6.45) is 3.53. The van der Waals surface area contributed by atoms with Crippen LogP contribution in [-0.2, 0) is 14.3 Å². The number of alkyl carbamates (subject to hydrolysis) is 1. The minimum Gasteiger partial charge on any atom is -0.481 e. The van der Waals surface area contributed by atoms with Crippen LogP contribution in [0.5, 0.6) is 0 Å². The summed E-state index contributed by atoms with van der Waals surface area (Å²) in [7, 11) is 0. The number of nitrogens with one attached hydrogen (secondary N) is 1. The molecule has 34 heavy (non-hydrogen) atoms. The van der Waals surface area contributed by atoms with Crippen LogP contribution < -0.4 is 5.32 Å². The molecule has 0 bridgehead atoms. The van der Waals surface area contributed by atoms with E-state index in [4.69, 9.17) is 4.74 Å². The average molecular weight is 463 g/mol. The van der Waals surface area contributed by atoms with Gasteiger partial charge in [-0.1, -0.05) is 48.5 Å². The minimum atomic E-state index is -0.905. The van der Waals surface area contributed by atoms with Gasteiger partial charge in [0.15, 0.2) is 0 Å². The lowest BCUT2D eigenvalue weighted by molar-refractivity contribution is -0.143. The number of nitrogens with zero attached hydrogens (tertiary/aromatic N) is 1. The molecule has 7 heteroatoms. The number of piperidine rings is 1. The second-order valence-corrected chi connectivity index (χ2v) is 9.56. The SMILES string of the molecule is O=C(O)CC1CCCCN1C(=O)C(NC(=O)OCC1c2ccccc2-c2ccccc21)C1CC1. The molecule has 2 N–H and O–H groups in total. The van der Waals surface area contributed by atoms with E-state index in [1.165, 1.54) is 0 Å². The van der Waals surface area contributed by atoms with Crippen molar-refractivity contribution < 1.29 is 24.2 Å². The number of amides is 2. The summed E-state index contributed by atoms with van der Waals surface area (Å²) in [5, 5.41) is 12.1. The van der Waals surface area contributed by atoms with Gasteiger partial charge in [0, 0.05) is 18.5 Å². The molecule has 2 aromatic rings. The Hall–Kier alpha value is -3.35. The number of carboxylic acids is 1. The van der Waals surface area contributed by atoms with Gasteiger partial charge in [-0.05, 0) is 60.3 Å². The molecule has 2 atom stereocenters. The van der Waals surface area contributed by atoms with Crippen LogP contribution in [0.1, 0.15) is 55.6 Å². The lowest BCUT2D eigenvalue weighted by Gasteiger charge is -2.37. The summed E-state index contributed by atoms with van der Waals surface area (Å²) in [5.74, 6) is -1.05. The standard InChI is InChI=1S/C27H30N2O5/c30-24(31)15-18-7-5-6-14-29(18)26(32)25(17-12-13-17)28-27(33)34-16-23-21-10-3-1-8-19(21)20-9-2-4-11-22(20)23/h1-4,8-11,17-18,23,25H,5-7,12-16H2,(H,28,33)(H,30,31). The van der Waals surface area contributed by atoms with Gasteiger partial charge in [-0.15, -0.1) is 0 Å². The quantitative estimate of drug-likeness (QED) is 0.644. The van der Waals surface area contributed by atoms with Crippen LogP contribution in [0.3, 0.4) is 0 Å². The summed E-state index contributed by atoms with van der Waals surface area (Å²) in [5.41, 5.74) is 4.59. The van der Waals surface area contributed by atoms with Gasteiger partial charge in [0.05, 0.1) is 6.42 Å². The molecule has 2 amide bonds. The topological polar surface area (TPSA) is 95.9 Å². The number of carbonyl (C=O) groups excluding carboxylic acids is 2. The number of fused-ring (bicyclic) bond motifs is 3. The number of rotatable bonds is 7. The molecule has 2 fully saturated rings. The Morgan fingerprint density at radius 2 is 1.62 bits per heavy atom. The Morgan fingerprint density at radius 3 is 2.24 bits per heavy atom. The molecule has 3 aliphatic rings. The number of carbonyl (C=O) groups is 3. The van der Waals surface area contributed by atoms with Crippen LogP contribution in [-0.4, -0.2) is 53.2 Å². The molecule has 5 rings (SSSR count). The van der Waals surface area contributed by atoms with Crippen molar-refractivity contribution in [1.29, 1.82) is 0 Å². The molecule has 1 saturated carbocycles. The predicted molar refractivity (Wildman–Crippen MR) is 126 cm³/mol. The summed E-state index contributed by atoms with van der Waals surface area (Å²) < 4.78 is 5.66. The molecule has 1 saturated heterocycles. The van der Waals surface area contributed by atoms with Crippen LogP contribution in [0.15, 0.2) is 48.5 Å². The number of benzene rings is 2. The van der Waals surface area contributed by atoms with Crippen molar-refractivity contribution in [2.75, 3.05) is 13.2 Å². The van der Waals surface area contributed by atoms with E-state index in [1.807, 2.05) is 24.3 Å². The molecule has 1 aliphatic heterocycles. The molecule has 178 valence electrons. The van der Waals surface area contributed by atoms with Crippen LogP contribution in [0, 0.1) is 5.92 Å². The zero-order valence-electron chi connectivity index (χ0n) is 19.1. The maximum absolute atomic E-state index is 13.4. The first-order valence-electron chi connectivity index (χ1n) is 12.2. The van der Waals surface area contributed by atoms with Crippen LogP contribution in [0.4, 0.5) is 4.79 Å². The van der Waals surface area contributed by atoms with E-state index >= 15 is 0 Å². The number of hydrogen-bond acceptors (Lipinski definition) is 4. The van der Waals surface area contributed by atoms with Crippen molar-refractivity contribution in [2.45, 2.75) is 56.5 Å². The van der Waals surface area contributed by atoms with E-state index in [2.05, 4.69) is 29.6 Å². The molecule has 2 aromatic carbocycles. The number of carboxylic acid groups (broad SMARTS) is 1. The lowest BCUT2D eigenvalue weighted by atomic mass is 9.97. The number of aliphatic carboxylic acids is 1. The first-order chi connectivity index (χ1) is 16.5. The second kappa shape index (κ2) is 9.49. The monoisotopic (exact) mass is 462 g/mol. The molecule has 1 heterocycles. The van der Waals surface area contributed by atoms with Crippen LogP contribution >= 0.6 is 0 Å². The Bertz CT molecular complexity index is 1050. The van der Waals surface area contributed by atoms with Crippen molar-refractivity contribution in [2.24, 2.45) is 5.92 Å². The zero-order chi connectivity index (χ0) is 23.7. The van der Waals surface area contributed by atoms with Gasteiger partial charge in [-0.2, -0.15) is 0 Å². The largest absolute Gasteiger partial charge is 0.481 e. The third-order valence-corrected chi connectivity index (χ3v) is 7.30.